The fourth-order valence-electron chi connectivity index (χ4n) is 2.84. The van der Waals surface area contributed by atoms with Crippen molar-refractivity contribution >= 4 is 29.9 Å². The molecule has 0 atom stereocenters. The van der Waals surface area contributed by atoms with Crippen molar-refractivity contribution in [1.82, 2.24) is 10.2 Å². The lowest BCUT2D eigenvalue weighted by molar-refractivity contribution is 0.0625. The Kier molecular flexibility index (Phi) is 9.75. The number of nitriles is 1. The average molecular weight is 460 g/mol. The molecule has 25 heavy (non-hydrogen) atoms. The van der Waals surface area contributed by atoms with Crippen molar-refractivity contribution < 1.29 is 9.13 Å². The Morgan fingerprint density at radius 3 is 2.76 bits per heavy atom. The lowest BCUT2D eigenvalue weighted by Crippen LogP contribution is -2.39. The van der Waals surface area contributed by atoms with Crippen molar-refractivity contribution in [3.8, 4) is 6.07 Å². The van der Waals surface area contributed by atoms with Crippen molar-refractivity contribution in [2.24, 2.45) is 10.9 Å². The summed E-state index contributed by atoms with van der Waals surface area (Å²) in [4.78, 5) is 6.33. The Labute approximate surface area is 166 Å². The Morgan fingerprint density at radius 1 is 1.44 bits per heavy atom. The molecule has 0 bridgehead atoms. The van der Waals surface area contributed by atoms with Crippen LogP contribution < -0.4 is 5.32 Å². The molecular weight excluding hydrogens is 434 g/mol. The second-order valence-corrected chi connectivity index (χ2v) is 6.08. The third-order valence-electron chi connectivity index (χ3n) is 4.41. The molecule has 138 valence electrons. The van der Waals surface area contributed by atoms with Crippen LogP contribution in [0, 0.1) is 23.1 Å². The molecule has 0 saturated carbocycles. The van der Waals surface area contributed by atoms with Crippen molar-refractivity contribution in [2.45, 2.75) is 25.8 Å². The number of halogens is 2. The molecule has 0 aromatic heterocycles. The minimum absolute atomic E-state index is 0. The van der Waals surface area contributed by atoms with Crippen LogP contribution in [0.1, 0.15) is 30.4 Å². The van der Waals surface area contributed by atoms with Gasteiger partial charge in [-0.05, 0) is 37.3 Å². The van der Waals surface area contributed by atoms with Gasteiger partial charge >= 0.3 is 0 Å². The van der Waals surface area contributed by atoms with E-state index in [9.17, 15) is 4.39 Å². The molecule has 0 aliphatic carbocycles. The molecule has 1 saturated heterocycles. The highest BCUT2D eigenvalue weighted by Crippen LogP contribution is 2.18. The SMILES string of the molecule is CN=C(NCc1ccc(C#N)cc1F)N(C)CCC1CCOCC1.I. The zero-order chi connectivity index (χ0) is 17.4. The number of guanidine groups is 1. The first kappa shape index (κ1) is 21.6. The van der Waals surface area contributed by atoms with Gasteiger partial charge in [-0.1, -0.05) is 6.07 Å². The summed E-state index contributed by atoms with van der Waals surface area (Å²) >= 11 is 0. The molecule has 5 nitrogen and oxygen atoms in total. The summed E-state index contributed by atoms with van der Waals surface area (Å²) in [6, 6.07) is 6.45. The van der Waals surface area contributed by atoms with Crippen molar-refractivity contribution in [2.75, 3.05) is 33.9 Å². The largest absolute Gasteiger partial charge is 0.381 e. The predicted octanol–water partition coefficient (Wildman–Crippen LogP) is 3.14. The molecule has 1 fully saturated rings. The summed E-state index contributed by atoms with van der Waals surface area (Å²) in [6.07, 6.45) is 3.35. The molecule has 1 aliphatic heterocycles. The molecule has 0 amide bonds. The van der Waals surface area contributed by atoms with E-state index in [-0.39, 0.29) is 29.8 Å². The highest BCUT2D eigenvalue weighted by atomic mass is 127. The second kappa shape index (κ2) is 11.3. The molecule has 7 heteroatoms. The summed E-state index contributed by atoms with van der Waals surface area (Å²) in [5, 5.41) is 12.0. The van der Waals surface area contributed by atoms with Gasteiger partial charge in [0, 0.05) is 46.0 Å². The van der Waals surface area contributed by atoms with Crippen molar-refractivity contribution in [3.05, 3.63) is 35.1 Å². The van der Waals surface area contributed by atoms with Gasteiger partial charge in [-0.3, -0.25) is 4.99 Å². The number of nitrogens with one attached hydrogen (secondary N) is 1. The summed E-state index contributed by atoms with van der Waals surface area (Å²) < 4.78 is 19.3. The van der Waals surface area contributed by atoms with E-state index >= 15 is 0 Å². The molecule has 1 aliphatic rings. The lowest BCUT2D eigenvalue weighted by atomic mass is 9.96. The monoisotopic (exact) mass is 460 g/mol. The van der Waals surface area contributed by atoms with E-state index in [1.807, 2.05) is 13.1 Å². The fraction of sp³-hybridized carbons (Fsp3) is 0.556. The number of aliphatic imine (C=N–C) groups is 1. The van der Waals surface area contributed by atoms with Crippen molar-refractivity contribution in [1.29, 1.82) is 5.26 Å². The van der Waals surface area contributed by atoms with E-state index in [1.54, 1.807) is 19.2 Å². The molecule has 1 aromatic rings. The smallest absolute Gasteiger partial charge is 0.193 e. The minimum Gasteiger partial charge on any atom is -0.381 e. The van der Waals surface area contributed by atoms with Gasteiger partial charge in [0.15, 0.2) is 5.96 Å². The molecule has 0 radical (unpaired) electrons. The fourth-order valence-corrected chi connectivity index (χ4v) is 2.84. The number of rotatable bonds is 5. The van der Waals surface area contributed by atoms with Gasteiger partial charge in [-0.2, -0.15) is 5.26 Å². The van der Waals surface area contributed by atoms with E-state index in [0.717, 1.165) is 45.0 Å². The van der Waals surface area contributed by atoms with Gasteiger partial charge in [0.25, 0.3) is 0 Å². The third-order valence-corrected chi connectivity index (χ3v) is 4.41. The summed E-state index contributed by atoms with van der Waals surface area (Å²) in [7, 11) is 3.71. The predicted molar refractivity (Wildman–Crippen MR) is 108 cm³/mol. The van der Waals surface area contributed by atoms with Gasteiger partial charge < -0.3 is 15.0 Å². The number of hydrogen-bond acceptors (Lipinski definition) is 3. The highest BCUT2D eigenvalue weighted by molar-refractivity contribution is 14.0. The van der Waals surface area contributed by atoms with Crippen LogP contribution >= 0.6 is 24.0 Å². The second-order valence-electron chi connectivity index (χ2n) is 6.08. The van der Waals surface area contributed by atoms with Crippen LogP contribution in [0.4, 0.5) is 4.39 Å². The maximum Gasteiger partial charge on any atom is 0.193 e. The Balaban J connectivity index is 0.00000312. The topological polar surface area (TPSA) is 60.7 Å². The van der Waals surface area contributed by atoms with Gasteiger partial charge in [0.05, 0.1) is 11.6 Å². The average Bonchev–Trinajstić information content (AvgIpc) is 2.62. The number of nitrogens with zero attached hydrogens (tertiary/aromatic N) is 3. The molecule has 1 aromatic carbocycles. The summed E-state index contributed by atoms with van der Waals surface area (Å²) in [5.41, 5.74) is 0.849. The first-order valence-electron chi connectivity index (χ1n) is 8.32. The molecular formula is C18H26FIN4O. The standard InChI is InChI=1S/C18H25FN4O.HI/c1-21-18(23(2)8-5-14-6-9-24-10-7-14)22-13-16-4-3-15(12-20)11-17(16)19;/h3-4,11,14H,5-10,13H2,1-2H3,(H,21,22);1H. The lowest BCUT2D eigenvalue weighted by Gasteiger charge is -2.26. The Morgan fingerprint density at radius 2 is 2.16 bits per heavy atom. The van der Waals surface area contributed by atoms with Crippen LogP contribution in [-0.4, -0.2) is 44.7 Å². The number of benzene rings is 1. The van der Waals surface area contributed by atoms with E-state index in [0.29, 0.717) is 23.6 Å². The molecule has 1 heterocycles. The Bertz CT molecular complexity index is 612. The summed E-state index contributed by atoms with van der Waals surface area (Å²) in [5.74, 6) is 1.07. The van der Waals surface area contributed by atoms with E-state index in [4.69, 9.17) is 10.00 Å². The van der Waals surface area contributed by atoms with Crippen LogP contribution in [0.15, 0.2) is 23.2 Å². The zero-order valence-electron chi connectivity index (χ0n) is 14.8. The Hall–Kier alpha value is -1.40. The third kappa shape index (κ3) is 6.78. The maximum absolute atomic E-state index is 13.9. The quantitative estimate of drug-likeness (QED) is 0.417. The van der Waals surface area contributed by atoms with Gasteiger partial charge in [0.1, 0.15) is 5.82 Å². The molecule has 0 spiro atoms. The van der Waals surface area contributed by atoms with Crippen LogP contribution in [0.2, 0.25) is 0 Å². The van der Waals surface area contributed by atoms with Crippen LogP contribution in [0.25, 0.3) is 0 Å². The van der Waals surface area contributed by atoms with E-state index in [2.05, 4.69) is 15.2 Å². The normalized spacial score (nSPS) is 15.2. The molecule has 1 N–H and O–H groups in total. The van der Waals surface area contributed by atoms with Crippen LogP contribution in [0.5, 0.6) is 0 Å². The number of hydrogen-bond donors (Lipinski definition) is 1. The minimum atomic E-state index is -0.373. The maximum atomic E-state index is 13.9. The van der Waals surface area contributed by atoms with Gasteiger partial charge in [-0.25, -0.2) is 4.39 Å². The first-order chi connectivity index (χ1) is 11.6. The van der Waals surface area contributed by atoms with Crippen LogP contribution in [0.3, 0.4) is 0 Å². The van der Waals surface area contributed by atoms with Crippen LogP contribution in [-0.2, 0) is 11.3 Å². The first-order valence-corrected chi connectivity index (χ1v) is 8.32. The van der Waals surface area contributed by atoms with E-state index in [1.165, 1.54) is 6.07 Å². The number of ether oxygens (including phenoxy) is 1. The van der Waals surface area contributed by atoms with Crippen molar-refractivity contribution in [3.63, 3.8) is 0 Å². The van der Waals surface area contributed by atoms with E-state index < -0.39 is 0 Å². The zero-order valence-corrected chi connectivity index (χ0v) is 17.1. The highest BCUT2D eigenvalue weighted by Gasteiger charge is 2.15. The molecule has 0 unspecified atom stereocenters. The van der Waals surface area contributed by atoms with Gasteiger partial charge in [-0.15, -0.1) is 24.0 Å². The molecule has 2 rings (SSSR count). The summed E-state index contributed by atoms with van der Waals surface area (Å²) in [6.45, 7) is 2.96. The van der Waals surface area contributed by atoms with Gasteiger partial charge in [0.2, 0.25) is 0 Å².